The molecule has 0 saturated heterocycles. The van der Waals surface area contributed by atoms with Crippen molar-refractivity contribution >= 4 is 23.0 Å². The molecule has 0 bridgehead atoms. The van der Waals surface area contributed by atoms with E-state index in [0.717, 1.165) is 25.2 Å². The molecule has 1 atom stereocenters. The van der Waals surface area contributed by atoms with Gasteiger partial charge in [0.15, 0.2) is 0 Å². The Morgan fingerprint density at radius 2 is 1.37 bits per heavy atom. The van der Waals surface area contributed by atoms with Gasteiger partial charge in [0.05, 0.1) is 17.3 Å². The monoisotopic (exact) mass is 409 g/mol. The summed E-state index contributed by atoms with van der Waals surface area (Å²) in [6, 6.07) is 15.2. The van der Waals surface area contributed by atoms with E-state index in [-0.39, 0.29) is 17.8 Å². The molecule has 2 rings (SSSR count). The molecule has 5 heteroatoms. The maximum atomic E-state index is 12.5. The van der Waals surface area contributed by atoms with E-state index < -0.39 is 0 Å². The minimum absolute atomic E-state index is 0.0938. The van der Waals surface area contributed by atoms with E-state index >= 15 is 0 Å². The fraction of sp³-hybridized carbons (Fsp3) is 0.480. The van der Waals surface area contributed by atoms with Crippen LogP contribution in [0.5, 0.6) is 5.75 Å². The third-order valence-corrected chi connectivity index (χ3v) is 5.15. The van der Waals surface area contributed by atoms with Crippen molar-refractivity contribution in [1.82, 2.24) is 0 Å². The van der Waals surface area contributed by atoms with Gasteiger partial charge in [-0.3, -0.25) is 4.79 Å². The van der Waals surface area contributed by atoms with E-state index in [9.17, 15) is 4.79 Å². The Morgan fingerprint density at radius 3 is 1.80 bits per heavy atom. The number of esters is 1. The van der Waals surface area contributed by atoms with Gasteiger partial charge in [-0.05, 0) is 80.6 Å². The van der Waals surface area contributed by atoms with E-state index in [1.165, 1.54) is 5.69 Å². The highest BCUT2D eigenvalue weighted by Crippen LogP contribution is 2.26. The van der Waals surface area contributed by atoms with Crippen LogP contribution >= 0.6 is 0 Å². The zero-order valence-corrected chi connectivity index (χ0v) is 19.1. The maximum Gasteiger partial charge on any atom is 0.314 e. The van der Waals surface area contributed by atoms with Gasteiger partial charge in [-0.15, -0.1) is 0 Å². The van der Waals surface area contributed by atoms with Crippen molar-refractivity contribution in [3.05, 3.63) is 48.5 Å². The molecule has 0 amide bonds. The molecule has 162 valence electrons. The maximum absolute atomic E-state index is 12.5. The molecule has 0 N–H and O–H groups in total. The van der Waals surface area contributed by atoms with E-state index in [1.807, 2.05) is 24.3 Å². The number of benzene rings is 2. The predicted molar refractivity (Wildman–Crippen MR) is 124 cm³/mol. The Morgan fingerprint density at radius 1 is 0.867 bits per heavy atom. The lowest BCUT2D eigenvalue weighted by Crippen LogP contribution is -2.26. The van der Waals surface area contributed by atoms with Crippen LogP contribution in [-0.2, 0) is 4.79 Å². The first-order chi connectivity index (χ1) is 14.3. The molecule has 0 aliphatic rings. The third-order valence-electron chi connectivity index (χ3n) is 5.15. The minimum Gasteiger partial charge on any atom is -0.426 e. The van der Waals surface area contributed by atoms with Crippen LogP contribution in [0.1, 0.15) is 48.0 Å². The molecule has 0 fully saturated rings. The van der Waals surface area contributed by atoms with Crippen LogP contribution in [0.15, 0.2) is 58.8 Å². The van der Waals surface area contributed by atoms with Crippen molar-refractivity contribution in [2.45, 2.75) is 48.0 Å². The number of ether oxygens (including phenoxy) is 1. The molecule has 0 radical (unpaired) electrons. The lowest BCUT2D eigenvalue weighted by Gasteiger charge is -2.21. The lowest BCUT2D eigenvalue weighted by atomic mass is 9.88. The molecule has 0 aliphatic heterocycles. The van der Waals surface area contributed by atoms with Crippen LogP contribution in [0.25, 0.3) is 0 Å². The molecule has 0 aromatic heterocycles. The van der Waals surface area contributed by atoms with Gasteiger partial charge in [0, 0.05) is 18.8 Å². The zero-order valence-electron chi connectivity index (χ0n) is 19.1. The molecule has 1 unspecified atom stereocenters. The number of azo groups is 1. The fourth-order valence-electron chi connectivity index (χ4n) is 3.36. The van der Waals surface area contributed by atoms with Gasteiger partial charge < -0.3 is 9.64 Å². The van der Waals surface area contributed by atoms with Gasteiger partial charge in [-0.2, -0.15) is 10.2 Å². The van der Waals surface area contributed by atoms with Crippen LogP contribution in [0, 0.1) is 17.8 Å². The van der Waals surface area contributed by atoms with Gasteiger partial charge in [0.25, 0.3) is 0 Å². The number of carbonyl (C=O) groups excluding carboxylic acids is 1. The topological polar surface area (TPSA) is 54.3 Å². The van der Waals surface area contributed by atoms with Crippen LogP contribution in [-0.4, -0.2) is 19.1 Å². The van der Waals surface area contributed by atoms with E-state index in [1.54, 1.807) is 12.1 Å². The summed E-state index contributed by atoms with van der Waals surface area (Å²) in [6.45, 7) is 14.6. The van der Waals surface area contributed by atoms with Gasteiger partial charge in [-0.1, -0.05) is 27.7 Å². The van der Waals surface area contributed by atoms with Crippen LogP contribution in [0.2, 0.25) is 0 Å². The van der Waals surface area contributed by atoms with Gasteiger partial charge in [-0.25, -0.2) is 0 Å². The summed E-state index contributed by atoms with van der Waals surface area (Å²) < 4.78 is 5.60. The molecule has 2 aromatic rings. The van der Waals surface area contributed by atoms with E-state index in [0.29, 0.717) is 17.4 Å². The fourth-order valence-corrected chi connectivity index (χ4v) is 3.36. The van der Waals surface area contributed by atoms with Crippen molar-refractivity contribution in [2.75, 3.05) is 18.0 Å². The van der Waals surface area contributed by atoms with Gasteiger partial charge in [0.2, 0.25) is 0 Å². The zero-order chi connectivity index (χ0) is 22.1. The van der Waals surface area contributed by atoms with Crippen molar-refractivity contribution in [2.24, 2.45) is 28.0 Å². The molecule has 0 spiro atoms. The largest absolute Gasteiger partial charge is 0.426 e. The summed E-state index contributed by atoms with van der Waals surface area (Å²) >= 11 is 0. The summed E-state index contributed by atoms with van der Waals surface area (Å²) in [7, 11) is 0. The molecular weight excluding hydrogens is 374 g/mol. The van der Waals surface area contributed by atoms with Crippen molar-refractivity contribution in [3.8, 4) is 5.75 Å². The lowest BCUT2D eigenvalue weighted by molar-refractivity contribution is -0.141. The summed E-state index contributed by atoms with van der Waals surface area (Å²) in [5, 5.41) is 8.59. The first-order valence-corrected chi connectivity index (χ1v) is 10.9. The van der Waals surface area contributed by atoms with Crippen molar-refractivity contribution in [1.29, 1.82) is 0 Å². The molecule has 30 heavy (non-hydrogen) atoms. The molecule has 5 nitrogen and oxygen atoms in total. The average molecular weight is 410 g/mol. The number of carbonyl (C=O) groups is 1. The minimum atomic E-state index is -0.165. The molecule has 0 aliphatic carbocycles. The second-order valence-corrected chi connectivity index (χ2v) is 8.28. The Kier molecular flexibility index (Phi) is 9.03. The Bertz CT molecular complexity index is 807. The number of nitrogens with zero attached hydrogens (tertiary/aromatic N) is 3. The van der Waals surface area contributed by atoms with E-state index in [4.69, 9.17) is 4.74 Å². The summed E-state index contributed by atoms with van der Waals surface area (Å²) in [6.07, 6.45) is 0.829. The highest BCUT2D eigenvalue weighted by atomic mass is 16.5. The van der Waals surface area contributed by atoms with Crippen LogP contribution in [0.4, 0.5) is 17.1 Å². The average Bonchev–Trinajstić information content (AvgIpc) is 2.73. The normalized spacial score (nSPS) is 12.5. The Hall–Kier alpha value is -2.69. The number of hydrogen-bond acceptors (Lipinski definition) is 5. The molecule has 2 aromatic carbocycles. The summed E-state index contributed by atoms with van der Waals surface area (Å²) in [4.78, 5) is 14.8. The Balaban J connectivity index is 1.99. The smallest absolute Gasteiger partial charge is 0.314 e. The third kappa shape index (κ3) is 6.97. The van der Waals surface area contributed by atoms with Crippen molar-refractivity contribution in [3.63, 3.8) is 0 Å². The Labute approximate surface area is 181 Å². The molecule has 0 heterocycles. The summed E-state index contributed by atoms with van der Waals surface area (Å²) in [5.41, 5.74) is 2.70. The SMILES string of the molecule is CCN(CC)c1ccc(N=Nc2ccc(OC(=O)C(CC(C)C)C(C)C)cc2)cc1. The second-order valence-electron chi connectivity index (χ2n) is 8.28. The quantitative estimate of drug-likeness (QED) is 0.237. The number of hydrogen-bond donors (Lipinski definition) is 0. The van der Waals surface area contributed by atoms with E-state index in [2.05, 4.69) is 68.8 Å². The second kappa shape index (κ2) is 11.5. The highest BCUT2D eigenvalue weighted by Gasteiger charge is 2.25. The molecule has 0 saturated carbocycles. The summed E-state index contributed by atoms with van der Waals surface area (Å²) in [5.74, 6) is 0.983. The van der Waals surface area contributed by atoms with Crippen LogP contribution in [0.3, 0.4) is 0 Å². The van der Waals surface area contributed by atoms with Gasteiger partial charge in [0.1, 0.15) is 5.75 Å². The standard InChI is InChI=1S/C25H35N3O2/c1-7-28(8-2)22-13-9-20(10-14-22)26-27-21-11-15-23(16-12-21)30-25(29)24(19(5)6)17-18(3)4/h9-16,18-19,24H,7-8,17H2,1-6H3. The first kappa shape index (κ1) is 23.6. The number of rotatable bonds is 10. The van der Waals surface area contributed by atoms with Crippen LogP contribution < -0.4 is 9.64 Å². The van der Waals surface area contributed by atoms with Gasteiger partial charge >= 0.3 is 5.97 Å². The molecular formula is C25H35N3O2. The van der Waals surface area contributed by atoms with Crippen molar-refractivity contribution < 1.29 is 9.53 Å². The highest BCUT2D eigenvalue weighted by molar-refractivity contribution is 5.75. The predicted octanol–water partition coefficient (Wildman–Crippen LogP) is 7.17. The number of anilines is 1. The first-order valence-electron chi connectivity index (χ1n) is 10.9.